The van der Waals surface area contributed by atoms with Gasteiger partial charge in [-0.05, 0) is 5.56 Å². The van der Waals surface area contributed by atoms with E-state index in [0.717, 1.165) is 10.8 Å². The average Bonchev–Trinajstić information content (AvgIpc) is 2.56. The van der Waals surface area contributed by atoms with Gasteiger partial charge < -0.3 is 5.11 Å². The number of benzene rings is 2. The molecule has 0 aliphatic carbocycles. The fourth-order valence-corrected chi connectivity index (χ4v) is 2.09. The highest BCUT2D eigenvalue weighted by atomic mass is 16.4. The number of carbonyl (C=O) groups is 1. The first-order valence-electron chi connectivity index (χ1n) is 6.65. The Kier molecular flexibility index (Phi) is 3.82. The van der Waals surface area contributed by atoms with Crippen molar-refractivity contribution < 1.29 is 9.90 Å². The zero-order valence-electron chi connectivity index (χ0n) is 11.5. The lowest BCUT2D eigenvalue weighted by Crippen LogP contribution is -2.08. The smallest absolute Gasteiger partial charge is 0.335 e. The molecule has 2 aromatic carbocycles. The van der Waals surface area contributed by atoms with Gasteiger partial charge in [-0.1, -0.05) is 54.6 Å². The van der Waals surface area contributed by atoms with Crippen molar-refractivity contribution in [2.24, 2.45) is 10.2 Å². The van der Waals surface area contributed by atoms with Gasteiger partial charge in [0, 0.05) is 10.8 Å². The average molecular weight is 292 g/mol. The third-order valence-corrected chi connectivity index (χ3v) is 3.17. The summed E-state index contributed by atoms with van der Waals surface area (Å²) in [5, 5.41) is 26.7. The standard InChI is InChI=1S/C16H12N4O2/c21-16(22)14(11-6-2-1-3-7-11)18-20-15-13-9-5-4-8-12(13)10-17-19-15/h1-10,14H,(H,21,22). The molecule has 1 atom stereocenters. The van der Waals surface area contributed by atoms with Crippen LogP contribution in [-0.4, -0.2) is 21.3 Å². The molecule has 1 aromatic heterocycles. The van der Waals surface area contributed by atoms with Crippen LogP contribution >= 0.6 is 0 Å². The molecule has 0 amide bonds. The number of carboxylic acids is 1. The first kappa shape index (κ1) is 13.8. The van der Waals surface area contributed by atoms with Crippen molar-refractivity contribution in [2.45, 2.75) is 6.04 Å². The summed E-state index contributed by atoms with van der Waals surface area (Å²) in [6, 6.07) is 15.1. The maximum atomic E-state index is 11.4. The van der Waals surface area contributed by atoms with E-state index in [1.165, 1.54) is 0 Å². The minimum Gasteiger partial charge on any atom is -0.479 e. The van der Waals surface area contributed by atoms with Crippen LogP contribution in [0.4, 0.5) is 5.82 Å². The van der Waals surface area contributed by atoms with Crippen LogP contribution in [0.1, 0.15) is 11.6 Å². The van der Waals surface area contributed by atoms with Crippen LogP contribution in [0.5, 0.6) is 0 Å². The van der Waals surface area contributed by atoms with Crippen molar-refractivity contribution in [1.82, 2.24) is 10.2 Å². The molecule has 0 saturated heterocycles. The van der Waals surface area contributed by atoms with E-state index < -0.39 is 12.0 Å². The zero-order chi connectivity index (χ0) is 15.4. The summed E-state index contributed by atoms with van der Waals surface area (Å²) in [5.41, 5.74) is 0.562. The van der Waals surface area contributed by atoms with E-state index in [9.17, 15) is 9.90 Å². The van der Waals surface area contributed by atoms with E-state index in [4.69, 9.17) is 0 Å². The third kappa shape index (κ3) is 2.80. The molecule has 1 heterocycles. The summed E-state index contributed by atoms with van der Waals surface area (Å²) < 4.78 is 0. The molecule has 6 nitrogen and oxygen atoms in total. The number of hydrogen-bond acceptors (Lipinski definition) is 5. The quantitative estimate of drug-likeness (QED) is 0.745. The zero-order valence-corrected chi connectivity index (χ0v) is 11.5. The maximum Gasteiger partial charge on any atom is 0.335 e. The minimum absolute atomic E-state index is 0.306. The van der Waals surface area contributed by atoms with Gasteiger partial charge in [-0.15, -0.1) is 10.2 Å². The number of aliphatic carboxylic acids is 1. The first-order chi connectivity index (χ1) is 10.8. The summed E-state index contributed by atoms with van der Waals surface area (Å²) in [6.07, 6.45) is 1.63. The van der Waals surface area contributed by atoms with Crippen molar-refractivity contribution in [3.63, 3.8) is 0 Å². The van der Waals surface area contributed by atoms with Crippen molar-refractivity contribution in [3.05, 3.63) is 66.4 Å². The lowest BCUT2D eigenvalue weighted by atomic mass is 10.1. The molecule has 0 bridgehead atoms. The minimum atomic E-state index is -1.07. The van der Waals surface area contributed by atoms with E-state index in [2.05, 4.69) is 20.4 Å². The summed E-state index contributed by atoms with van der Waals surface area (Å²) >= 11 is 0. The van der Waals surface area contributed by atoms with E-state index in [1.807, 2.05) is 30.3 Å². The van der Waals surface area contributed by atoms with E-state index in [1.54, 1.807) is 30.5 Å². The number of fused-ring (bicyclic) bond motifs is 1. The molecule has 0 spiro atoms. The molecule has 0 radical (unpaired) electrons. The second-order valence-electron chi connectivity index (χ2n) is 4.62. The second-order valence-corrected chi connectivity index (χ2v) is 4.62. The molecular weight excluding hydrogens is 280 g/mol. The van der Waals surface area contributed by atoms with Gasteiger partial charge in [0.15, 0.2) is 6.04 Å². The van der Waals surface area contributed by atoms with Gasteiger partial charge in [0.2, 0.25) is 5.82 Å². The van der Waals surface area contributed by atoms with Gasteiger partial charge >= 0.3 is 5.97 Å². The molecule has 3 aromatic rings. The normalized spacial score (nSPS) is 12.5. The fraction of sp³-hybridized carbons (Fsp3) is 0.0625. The van der Waals surface area contributed by atoms with Crippen LogP contribution < -0.4 is 0 Å². The number of aromatic nitrogens is 2. The molecule has 0 aliphatic heterocycles. The number of carboxylic acid groups (broad SMARTS) is 1. The SMILES string of the molecule is O=C(O)C(N=Nc1nncc2ccccc12)c1ccccc1. The highest BCUT2D eigenvalue weighted by molar-refractivity contribution is 5.89. The van der Waals surface area contributed by atoms with Crippen molar-refractivity contribution in [2.75, 3.05) is 0 Å². The van der Waals surface area contributed by atoms with Crippen LogP contribution in [0.15, 0.2) is 71.0 Å². The Morgan fingerprint density at radius 3 is 2.55 bits per heavy atom. The third-order valence-electron chi connectivity index (χ3n) is 3.17. The fourth-order valence-electron chi connectivity index (χ4n) is 2.09. The Balaban J connectivity index is 1.99. The largest absolute Gasteiger partial charge is 0.479 e. The number of rotatable bonds is 4. The number of nitrogens with zero attached hydrogens (tertiary/aromatic N) is 4. The van der Waals surface area contributed by atoms with Crippen molar-refractivity contribution in [1.29, 1.82) is 0 Å². The van der Waals surface area contributed by atoms with Gasteiger partial charge in [-0.25, -0.2) is 4.79 Å². The second kappa shape index (κ2) is 6.09. The Morgan fingerprint density at radius 2 is 1.77 bits per heavy atom. The van der Waals surface area contributed by atoms with Crippen molar-refractivity contribution in [3.8, 4) is 0 Å². The number of azo groups is 1. The van der Waals surface area contributed by atoms with Crippen LogP contribution in [0, 0.1) is 0 Å². The molecule has 0 aliphatic rings. The summed E-state index contributed by atoms with van der Waals surface area (Å²) in [7, 11) is 0. The lowest BCUT2D eigenvalue weighted by molar-refractivity contribution is -0.138. The Hall–Kier alpha value is -3.15. The van der Waals surface area contributed by atoms with E-state index >= 15 is 0 Å². The highest BCUT2D eigenvalue weighted by Gasteiger charge is 2.19. The summed E-state index contributed by atoms with van der Waals surface area (Å²) in [6.45, 7) is 0. The molecule has 0 saturated carbocycles. The molecule has 0 fully saturated rings. The Morgan fingerprint density at radius 1 is 1.05 bits per heavy atom. The molecule has 22 heavy (non-hydrogen) atoms. The van der Waals surface area contributed by atoms with Gasteiger partial charge in [0.05, 0.1) is 6.20 Å². The molecule has 1 N–H and O–H groups in total. The highest BCUT2D eigenvalue weighted by Crippen LogP contribution is 2.25. The molecule has 3 rings (SSSR count). The molecule has 108 valence electrons. The number of hydrogen-bond donors (Lipinski definition) is 1. The summed E-state index contributed by atoms with van der Waals surface area (Å²) in [5.74, 6) is -0.761. The van der Waals surface area contributed by atoms with Gasteiger partial charge in [0.25, 0.3) is 0 Å². The van der Waals surface area contributed by atoms with Crippen molar-refractivity contribution >= 4 is 22.6 Å². The summed E-state index contributed by atoms with van der Waals surface area (Å²) in [4.78, 5) is 11.4. The Bertz CT molecular complexity index is 828. The maximum absolute atomic E-state index is 11.4. The van der Waals surface area contributed by atoms with Crippen LogP contribution in [-0.2, 0) is 4.79 Å². The van der Waals surface area contributed by atoms with Gasteiger partial charge in [-0.2, -0.15) is 10.2 Å². The van der Waals surface area contributed by atoms with E-state index in [0.29, 0.717) is 11.4 Å². The monoisotopic (exact) mass is 292 g/mol. The molecule has 6 heteroatoms. The van der Waals surface area contributed by atoms with E-state index in [-0.39, 0.29) is 0 Å². The topological polar surface area (TPSA) is 87.8 Å². The lowest BCUT2D eigenvalue weighted by Gasteiger charge is -2.06. The van der Waals surface area contributed by atoms with Gasteiger partial charge in [-0.3, -0.25) is 0 Å². The predicted octanol–water partition coefficient (Wildman–Crippen LogP) is 3.54. The van der Waals surface area contributed by atoms with Crippen LogP contribution in [0.25, 0.3) is 10.8 Å². The predicted molar refractivity (Wildman–Crippen MR) is 80.9 cm³/mol. The van der Waals surface area contributed by atoms with Crippen LogP contribution in [0.2, 0.25) is 0 Å². The first-order valence-corrected chi connectivity index (χ1v) is 6.65. The Labute approximate surface area is 126 Å². The molecule has 1 unspecified atom stereocenters. The molecular formula is C16H12N4O2. The van der Waals surface area contributed by atoms with Gasteiger partial charge in [0.1, 0.15) is 0 Å². The van der Waals surface area contributed by atoms with Crippen LogP contribution in [0.3, 0.4) is 0 Å².